The van der Waals surface area contributed by atoms with Gasteiger partial charge in [0.05, 0.1) is 6.20 Å². The van der Waals surface area contributed by atoms with E-state index in [1.165, 1.54) is 0 Å². The van der Waals surface area contributed by atoms with Crippen LogP contribution in [0.3, 0.4) is 0 Å². The average Bonchev–Trinajstić information content (AvgIpc) is 2.76. The minimum Gasteiger partial charge on any atom is -0.317 e. The molecular weight excluding hydrogens is 204 g/mol. The van der Waals surface area contributed by atoms with Gasteiger partial charge in [-0.2, -0.15) is 5.10 Å². The molecule has 2 fully saturated rings. The Morgan fingerprint density at radius 1 is 1.50 bits per heavy atom. The Bertz CT molecular complexity index is 381. The van der Waals surface area contributed by atoms with E-state index in [9.17, 15) is 4.79 Å². The van der Waals surface area contributed by atoms with Crippen LogP contribution in [0.2, 0.25) is 0 Å². The van der Waals surface area contributed by atoms with E-state index in [0.717, 1.165) is 32.4 Å². The number of carbonyl (C=O) groups is 1. The van der Waals surface area contributed by atoms with Gasteiger partial charge < -0.3 is 10.6 Å². The number of hydrogen-bond donors (Lipinski definition) is 3. The number of rotatable bonds is 2. The van der Waals surface area contributed by atoms with Crippen molar-refractivity contribution in [1.82, 2.24) is 15.5 Å². The van der Waals surface area contributed by atoms with Gasteiger partial charge in [-0.3, -0.25) is 9.89 Å². The first-order chi connectivity index (χ1) is 7.80. The van der Waals surface area contributed by atoms with Crippen LogP contribution in [0.5, 0.6) is 0 Å². The highest BCUT2D eigenvalue weighted by Crippen LogP contribution is 2.58. The fourth-order valence-electron chi connectivity index (χ4n) is 2.74. The van der Waals surface area contributed by atoms with Crippen LogP contribution in [0.15, 0.2) is 12.3 Å². The lowest BCUT2D eigenvalue weighted by molar-refractivity contribution is -0.118. The third-order valence-corrected chi connectivity index (χ3v) is 3.86. The number of aromatic nitrogens is 2. The molecule has 1 amide bonds. The fourth-order valence-corrected chi connectivity index (χ4v) is 2.74. The summed E-state index contributed by atoms with van der Waals surface area (Å²) in [5, 5.41) is 12.8. The van der Waals surface area contributed by atoms with Crippen molar-refractivity contribution in [1.29, 1.82) is 0 Å². The lowest BCUT2D eigenvalue weighted by Crippen LogP contribution is -2.31. The Hall–Kier alpha value is -1.36. The Kier molecular flexibility index (Phi) is 2.21. The number of piperidine rings is 1. The Morgan fingerprint density at radius 3 is 3.00 bits per heavy atom. The summed E-state index contributed by atoms with van der Waals surface area (Å²) in [7, 11) is 0. The van der Waals surface area contributed by atoms with Crippen LogP contribution in [0.4, 0.5) is 5.82 Å². The van der Waals surface area contributed by atoms with Crippen molar-refractivity contribution in [2.24, 2.45) is 11.3 Å². The second-order valence-electron chi connectivity index (χ2n) is 4.83. The molecule has 3 rings (SSSR count). The molecule has 0 radical (unpaired) electrons. The molecule has 1 unspecified atom stereocenters. The van der Waals surface area contributed by atoms with Crippen LogP contribution in [0, 0.1) is 11.3 Å². The van der Waals surface area contributed by atoms with Gasteiger partial charge in [0, 0.05) is 12.0 Å². The summed E-state index contributed by atoms with van der Waals surface area (Å²) in [5.41, 5.74) is 0.301. The average molecular weight is 220 g/mol. The summed E-state index contributed by atoms with van der Waals surface area (Å²) < 4.78 is 0. The topological polar surface area (TPSA) is 69.8 Å². The summed E-state index contributed by atoms with van der Waals surface area (Å²) in [5.74, 6) is 1.05. The first-order valence-corrected chi connectivity index (χ1v) is 5.81. The molecule has 2 aliphatic rings. The summed E-state index contributed by atoms with van der Waals surface area (Å²) in [6.07, 6.45) is 4.96. The number of carbonyl (C=O) groups excluding carboxylic acids is 1. The normalized spacial score (nSPS) is 26.6. The molecular formula is C11H16N4O. The molecule has 1 aromatic heterocycles. The summed E-state index contributed by atoms with van der Waals surface area (Å²) >= 11 is 0. The van der Waals surface area contributed by atoms with Gasteiger partial charge in [-0.1, -0.05) is 0 Å². The quantitative estimate of drug-likeness (QED) is 0.688. The molecule has 1 aliphatic carbocycles. The molecule has 0 bridgehead atoms. The molecule has 2 heterocycles. The molecule has 3 N–H and O–H groups in total. The smallest absolute Gasteiger partial charge is 0.229 e. The Morgan fingerprint density at radius 2 is 2.31 bits per heavy atom. The third-order valence-electron chi connectivity index (χ3n) is 3.86. The number of H-pyrrole nitrogens is 1. The van der Waals surface area contributed by atoms with Crippen molar-refractivity contribution in [3.8, 4) is 0 Å². The molecule has 1 spiro atoms. The molecule has 1 aromatic rings. The number of anilines is 1. The first-order valence-electron chi connectivity index (χ1n) is 5.81. The molecule has 1 atom stereocenters. The Balaban J connectivity index is 1.61. The maximum absolute atomic E-state index is 12.0. The number of aromatic amines is 1. The van der Waals surface area contributed by atoms with E-state index in [1.807, 2.05) is 0 Å². The predicted molar refractivity (Wildman–Crippen MR) is 59.9 cm³/mol. The minimum absolute atomic E-state index is 0.145. The van der Waals surface area contributed by atoms with Crippen molar-refractivity contribution in [3.63, 3.8) is 0 Å². The lowest BCUT2D eigenvalue weighted by Gasteiger charge is -2.23. The van der Waals surface area contributed by atoms with Gasteiger partial charge in [0.25, 0.3) is 0 Å². The summed E-state index contributed by atoms with van der Waals surface area (Å²) in [4.78, 5) is 12.0. The number of nitrogens with zero attached hydrogens (tertiary/aromatic N) is 1. The molecule has 1 aliphatic heterocycles. The van der Waals surface area contributed by atoms with Crippen LogP contribution in [-0.4, -0.2) is 29.2 Å². The highest BCUT2D eigenvalue weighted by Gasteiger charge is 2.57. The minimum atomic E-state index is 0.145. The van der Waals surface area contributed by atoms with Crippen LogP contribution >= 0.6 is 0 Å². The second kappa shape index (κ2) is 3.59. The molecule has 1 saturated heterocycles. The zero-order valence-electron chi connectivity index (χ0n) is 9.12. The van der Waals surface area contributed by atoms with E-state index in [4.69, 9.17) is 0 Å². The van der Waals surface area contributed by atoms with Crippen LogP contribution in [0.25, 0.3) is 0 Å². The van der Waals surface area contributed by atoms with E-state index >= 15 is 0 Å². The zero-order chi connectivity index (χ0) is 11.0. The van der Waals surface area contributed by atoms with Gasteiger partial charge in [-0.25, -0.2) is 0 Å². The van der Waals surface area contributed by atoms with Crippen LogP contribution < -0.4 is 10.6 Å². The van der Waals surface area contributed by atoms with Gasteiger partial charge in [0.1, 0.15) is 5.82 Å². The monoisotopic (exact) mass is 220 g/mol. The molecule has 5 nitrogen and oxygen atoms in total. The Labute approximate surface area is 94.0 Å². The van der Waals surface area contributed by atoms with Gasteiger partial charge in [0.15, 0.2) is 0 Å². The van der Waals surface area contributed by atoms with Crippen molar-refractivity contribution < 1.29 is 4.79 Å². The van der Waals surface area contributed by atoms with Crippen LogP contribution in [0.1, 0.15) is 19.3 Å². The number of nitrogens with one attached hydrogen (secondary N) is 3. The summed E-state index contributed by atoms with van der Waals surface area (Å²) in [6.45, 7) is 2.10. The van der Waals surface area contributed by atoms with Gasteiger partial charge in [-0.15, -0.1) is 0 Å². The highest BCUT2D eigenvalue weighted by atomic mass is 16.2. The van der Waals surface area contributed by atoms with E-state index in [2.05, 4.69) is 20.8 Å². The maximum atomic E-state index is 12.0. The SMILES string of the molecule is O=C(Nc1ccn[nH]1)C1CC12CCNCC2. The molecule has 1 saturated carbocycles. The van der Waals surface area contributed by atoms with Gasteiger partial charge in [-0.05, 0) is 37.8 Å². The zero-order valence-corrected chi connectivity index (χ0v) is 9.12. The predicted octanol–water partition coefficient (Wildman–Crippen LogP) is 0.738. The summed E-state index contributed by atoms with van der Waals surface area (Å²) in [6, 6.07) is 1.77. The highest BCUT2D eigenvalue weighted by molar-refractivity contribution is 5.94. The van der Waals surface area contributed by atoms with E-state index in [0.29, 0.717) is 11.2 Å². The number of amides is 1. The molecule has 16 heavy (non-hydrogen) atoms. The first kappa shape index (κ1) is 9.84. The van der Waals surface area contributed by atoms with E-state index in [-0.39, 0.29) is 11.8 Å². The van der Waals surface area contributed by atoms with Gasteiger partial charge >= 0.3 is 0 Å². The largest absolute Gasteiger partial charge is 0.317 e. The van der Waals surface area contributed by atoms with Gasteiger partial charge in [0.2, 0.25) is 5.91 Å². The second-order valence-corrected chi connectivity index (χ2v) is 4.83. The lowest BCUT2D eigenvalue weighted by atomic mass is 9.92. The third kappa shape index (κ3) is 1.61. The maximum Gasteiger partial charge on any atom is 0.229 e. The van der Waals surface area contributed by atoms with Crippen molar-refractivity contribution >= 4 is 11.7 Å². The molecule has 0 aromatic carbocycles. The molecule has 86 valence electrons. The van der Waals surface area contributed by atoms with E-state index < -0.39 is 0 Å². The van der Waals surface area contributed by atoms with Crippen molar-refractivity contribution in [2.45, 2.75) is 19.3 Å². The van der Waals surface area contributed by atoms with Crippen molar-refractivity contribution in [2.75, 3.05) is 18.4 Å². The molecule has 5 heteroatoms. The number of hydrogen-bond acceptors (Lipinski definition) is 3. The fraction of sp³-hybridized carbons (Fsp3) is 0.636. The van der Waals surface area contributed by atoms with Crippen molar-refractivity contribution in [3.05, 3.63) is 12.3 Å². The van der Waals surface area contributed by atoms with Crippen LogP contribution in [-0.2, 0) is 4.79 Å². The standard InChI is InChI=1S/C11H16N4O/c16-10(14-9-1-4-13-15-9)8-7-11(8)2-5-12-6-3-11/h1,4,8,12H,2-3,5-7H2,(H2,13,14,15,16). The van der Waals surface area contributed by atoms with E-state index in [1.54, 1.807) is 12.3 Å².